The summed E-state index contributed by atoms with van der Waals surface area (Å²) in [5.41, 5.74) is 0.500. The SMILES string of the molecule is C=C(CC)C(=O)OOC(=O)C(=C)CC. The second kappa shape index (κ2) is 5.96. The molecular formula is C10H14O4. The summed E-state index contributed by atoms with van der Waals surface area (Å²) in [5, 5.41) is 0. The van der Waals surface area contributed by atoms with E-state index in [4.69, 9.17) is 0 Å². The molecular weight excluding hydrogens is 184 g/mol. The van der Waals surface area contributed by atoms with Crippen LogP contribution in [0, 0.1) is 0 Å². The topological polar surface area (TPSA) is 52.6 Å². The number of rotatable bonds is 4. The standard InChI is InChI=1S/C10H14O4/c1-5-7(3)9(11)13-14-10(12)8(4)6-2/h3-6H2,1-2H3. The van der Waals surface area contributed by atoms with Crippen molar-refractivity contribution in [3.8, 4) is 0 Å². The average molecular weight is 198 g/mol. The van der Waals surface area contributed by atoms with Crippen molar-refractivity contribution in [2.45, 2.75) is 26.7 Å². The molecule has 0 saturated carbocycles. The zero-order valence-corrected chi connectivity index (χ0v) is 8.46. The van der Waals surface area contributed by atoms with Crippen molar-refractivity contribution < 1.29 is 19.4 Å². The summed E-state index contributed by atoms with van der Waals surface area (Å²) in [6, 6.07) is 0. The molecule has 0 atom stereocenters. The molecule has 4 heteroatoms. The highest BCUT2D eigenvalue weighted by molar-refractivity contribution is 5.90. The zero-order chi connectivity index (χ0) is 11.1. The third-order valence-electron chi connectivity index (χ3n) is 1.62. The van der Waals surface area contributed by atoms with E-state index >= 15 is 0 Å². The van der Waals surface area contributed by atoms with Gasteiger partial charge in [-0.1, -0.05) is 27.0 Å². The van der Waals surface area contributed by atoms with E-state index in [1.165, 1.54) is 0 Å². The van der Waals surface area contributed by atoms with Crippen LogP contribution in [0.15, 0.2) is 24.3 Å². The van der Waals surface area contributed by atoms with E-state index < -0.39 is 11.9 Å². The number of carbonyl (C=O) groups is 2. The Morgan fingerprint density at radius 3 is 1.43 bits per heavy atom. The predicted octanol–water partition coefficient (Wildman–Crippen LogP) is 1.92. The molecule has 0 spiro atoms. The summed E-state index contributed by atoms with van der Waals surface area (Å²) >= 11 is 0. The van der Waals surface area contributed by atoms with Gasteiger partial charge in [0, 0.05) is 11.1 Å². The van der Waals surface area contributed by atoms with Crippen molar-refractivity contribution >= 4 is 11.9 Å². The second-order valence-electron chi connectivity index (χ2n) is 2.66. The highest BCUT2D eigenvalue weighted by Crippen LogP contribution is 2.03. The monoisotopic (exact) mass is 198 g/mol. The van der Waals surface area contributed by atoms with Crippen LogP contribution in [0.1, 0.15) is 26.7 Å². The maximum atomic E-state index is 11.0. The molecule has 0 bridgehead atoms. The van der Waals surface area contributed by atoms with Gasteiger partial charge in [0.2, 0.25) is 0 Å². The maximum Gasteiger partial charge on any atom is 0.381 e. The molecule has 0 heterocycles. The molecule has 0 aromatic carbocycles. The fourth-order valence-electron chi connectivity index (χ4n) is 0.482. The van der Waals surface area contributed by atoms with Crippen LogP contribution in [0.3, 0.4) is 0 Å². The molecule has 0 N–H and O–H groups in total. The molecule has 0 rings (SSSR count). The first-order valence-corrected chi connectivity index (χ1v) is 4.31. The number of hydrogen-bond acceptors (Lipinski definition) is 4. The van der Waals surface area contributed by atoms with E-state index in [1.807, 2.05) is 0 Å². The molecule has 78 valence electrons. The van der Waals surface area contributed by atoms with Gasteiger partial charge >= 0.3 is 11.9 Å². The van der Waals surface area contributed by atoms with Gasteiger partial charge in [-0.25, -0.2) is 19.4 Å². The number of carbonyl (C=O) groups excluding carboxylic acids is 2. The zero-order valence-electron chi connectivity index (χ0n) is 8.46. The quantitative estimate of drug-likeness (QED) is 0.393. The smallest absolute Gasteiger partial charge is 0.242 e. The minimum absolute atomic E-state index is 0.250. The molecule has 14 heavy (non-hydrogen) atoms. The van der Waals surface area contributed by atoms with Crippen LogP contribution >= 0.6 is 0 Å². The molecule has 4 nitrogen and oxygen atoms in total. The molecule has 0 aliphatic carbocycles. The largest absolute Gasteiger partial charge is 0.381 e. The van der Waals surface area contributed by atoms with Crippen molar-refractivity contribution in [3.05, 3.63) is 24.3 Å². The normalized spacial score (nSPS) is 9.00. The molecule has 0 fully saturated rings. The first-order chi connectivity index (χ1) is 6.52. The van der Waals surface area contributed by atoms with Crippen LogP contribution < -0.4 is 0 Å². The average Bonchev–Trinajstić information content (AvgIpc) is 2.22. The Morgan fingerprint density at radius 2 is 1.21 bits per heavy atom. The summed E-state index contributed by atoms with van der Waals surface area (Å²) in [7, 11) is 0. The van der Waals surface area contributed by atoms with Crippen LogP contribution in [0.25, 0.3) is 0 Å². The Hall–Kier alpha value is -1.58. The summed E-state index contributed by atoms with van der Waals surface area (Å²) in [4.78, 5) is 30.4. The van der Waals surface area contributed by atoms with Crippen LogP contribution in [-0.4, -0.2) is 11.9 Å². The van der Waals surface area contributed by atoms with E-state index in [-0.39, 0.29) is 11.1 Å². The second-order valence-corrected chi connectivity index (χ2v) is 2.66. The van der Waals surface area contributed by atoms with Gasteiger partial charge in [0.25, 0.3) is 0 Å². The third kappa shape index (κ3) is 3.89. The van der Waals surface area contributed by atoms with Crippen LogP contribution in [-0.2, 0) is 19.4 Å². The molecule has 0 amide bonds. The van der Waals surface area contributed by atoms with Gasteiger partial charge in [-0.2, -0.15) is 0 Å². The Bertz CT molecular complexity index is 237. The maximum absolute atomic E-state index is 11.0. The molecule has 0 radical (unpaired) electrons. The fraction of sp³-hybridized carbons (Fsp3) is 0.400. The molecule has 0 aliphatic rings. The summed E-state index contributed by atoms with van der Waals surface area (Å²) in [6.07, 6.45) is 0.899. The molecule has 0 unspecified atom stereocenters. The minimum Gasteiger partial charge on any atom is -0.242 e. The Balaban J connectivity index is 3.95. The van der Waals surface area contributed by atoms with Crippen LogP contribution in [0.5, 0.6) is 0 Å². The lowest BCUT2D eigenvalue weighted by Crippen LogP contribution is -2.13. The lowest BCUT2D eigenvalue weighted by Gasteiger charge is -2.03. The highest BCUT2D eigenvalue weighted by Gasteiger charge is 2.13. The number of hydrogen-bond donors (Lipinski definition) is 0. The first kappa shape index (κ1) is 12.4. The van der Waals surface area contributed by atoms with Gasteiger partial charge in [-0.05, 0) is 12.8 Å². The minimum atomic E-state index is -0.732. The predicted molar refractivity (Wildman–Crippen MR) is 51.0 cm³/mol. The highest BCUT2D eigenvalue weighted by atomic mass is 17.2. The lowest BCUT2D eigenvalue weighted by atomic mass is 10.2. The summed E-state index contributed by atoms with van der Waals surface area (Å²) < 4.78 is 0. The first-order valence-electron chi connectivity index (χ1n) is 4.31. The van der Waals surface area contributed by atoms with E-state index in [9.17, 15) is 9.59 Å². The lowest BCUT2D eigenvalue weighted by molar-refractivity contribution is -0.252. The van der Waals surface area contributed by atoms with Crippen molar-refractivity contribution in [2.24, 2.45) is 0 Å². The Labute approximate surface area is 83.1 Å². The van der Waals surface area contributed by atoms with E-state index in [1.54, 1.807) is 13.8 Å². The summed E-state index contributed by atoms with van der Waals surface area (Å²) in [6.45, 7) is 10.3. The summed E-state index contributed by atoms with van der Waals surface area (Å²) in [5.74, 6) is -1.46. The Morgan fingerprint density at radius 1 is 0.929 bits per heavy atom. The van der Waals surface area contributed by atoms with Gasteiger partial charge in [0.15, 0.2) is 0 Å². The van der Waals surface area contributed by atoms with E-state index in [2.05, 4.69) is 22.9 Å². The van der Waals surface area contributed by atoms with Crippen molar-refractivity contribution in [3.63, 3.8) is 0 Å². The molecule has 0 aromatic heterocycles. The van der Waals surface area contributed by atoms with Gasteiger partial charge in [-0.15, -0.1) is 0 Å². The van der Waals surface area contributed by atoms with Crippen LogP contribution in [0.4, 0.5) is 0 Å². The van der Waals surface area contributed by atoms with Gasteiger partial charge in [0.1, 0.15) is 0 Å². The Kier molecular flexibility index (Phi) is 5.29. The third-order valence-corrected chi connectivity index (χ3v) is 1.62. The van der Waals surface area contributed by atoms with Gasteiger partial charge in [-0.3, -0.25) is 0 Å². The molecule has 0 aliphatic heterocycles. The van der Waals surface area contributed by atoms with Gasteiger partial charge in [0.05, 0.1) is 0 Å². The van der Waals surface area contributed by atoms with Crippen molar-refractivity contribution in [2.75, 3.05) is 0 Å². The van der Waals surface area contributed by atoms with Crippen LogP contribution in [0.2, 0.25) is 0 Å². The fourth-order valence-corrected chi connectivity index (χ4v) is 0.482. The van der Waals surface area contributed by atoms with E-state index in [0.29, 0.717) is 12.8 Å². The van der Waals surface area contributed by atoms with Gasteiger partial charge < -0.3 is 0 Å². The van der Waals surface area contributed by atoms with Crippen molar-refractivity contribution in [1.29, 1.82) is 0 Å². The molecule has 0 saturated heterocycles. The van der Waals surface area contributed by atoms with E-state index in [0.717, 1.165) is 0 Å². The van der Waals surface area contributed by atoms with Crippen molar-refractivity contribution in [1.82, 2.24) is 0 Å². The molecule has 0 aromatic rings.